The summed E-state index contributed by atoms with van der Waals surface area (Å²) in [5, 5.41) is 0.570. The van der Waals surface area contributed by atoms with Gasteiger partial charge in [0.2, 0.25) is 0 Å². The lowest BCUT2D eigenvalue weighted by molar-refractivity contribution is 0.420. The number of rotatable bonds is 3. The maximum Gasteiger partial charge on any atom is 0.133 e. The van der Waals surface area contributed by atoms with Gasteiger partial charge in [-0.05, 0) is 37.2 Å². The number of halogens is 1. The van der Waals surface area contributed by atoms with Gasteiger partial charge in [0.1, 0.15) is 11.0 Å². The molecule has 2 aliphatic carbocycles. The second-order valence-electron chi connectivity index (χ2n) is 5.92. The molecule has 1 aromatic heterocycles. The van der Waals surface area contributed by atoms with Crippen molar-refractivity contribution >= 4 is 11.6 Å². The van der Waals surface area contributed by atoms with Crippen molar-refractivity contribution in [1.29, 1.82) is 0 Å². The third-order valence-corrected chi connectivity index (χ3v) is 4.63. The van der Waals surface area contributed by atoms with Crippen LogP contribution >= 0.6 is 11.6 Å². The molecule has 1 aromatic carbocycles. The number of aromatic nitrogens is 2. The Bertz CT molecular complexity index is 645. The third-order valence-electron chi connectivity index (χ3n) is 4.44. The summed E-state index contributed by atoms with van der Waals surface area (Å²) in [6, 6.07) is 10.5. The fourth-order valence-electron chi connectivity index (χ4n) is 2.90. The highest BCUT2D eigenvalue weighted by molar-refractivity contribution is 6.29. The van der Waals surface area contributed by atoms with Crippen molar-refractivity contribution in [3.63, 3.8) is 0 Å². The fourth-order valence-corrected chi connectivity index (χ4v) is 3.09. The molecule has 0 aliphatic heterocycles. The van der Waals surface area contributed by atoms with Crippen molar-refractivity contribution in [3.8, 4) is 11.3 Å². The molecule has 3 heteroatoms. The van der Waals surface area contributed by atoms with E-state index in [0.29, 0.717) is 17.0 Å². The summed E-state index contributed by atoms with van der Waals surface area (Å²) >= 11 is 6.20. The van der Waals surface area contributed by atoms with Crippen LogP contribution in [0.25, 0.3) is 11.3 Å². The second-order valence-corrected chi connectivity index (χ2v) is 6.31. The summed E-state index contributed by atoms with van der Waals surface area (Å²) in [6.07, 6.45) is 6.33. The molecule has 0 saturated heterocycles. The summed E-state index contributed by atoms with van der Waals surface area (Å²) < 4.78 is 0. The van der Waals surface area contributed by atoms with Gasteiger partial charge in [0.05, 0.1) is 5.69 Å². The normalized spacial score (nSPS) is 18.9. The molecule has 0 amide bonds. The van der Waals surface area contributed by atoms with Crippen LogP contribution in [-0.4, -0.2) is 9.97 Å². The SMILES string of the molecule is Clc1cc(-c2ccccc2C2CCC2)nc(C2CC2)n1. The van der Waals surface area contributed by atoms with E-state index < -0.39 is 0 Å². The molecule has 0 unspecified atom stereocenters. The van der Waals surface area contributed by atoms with Gasteiger partial charge in [0.25, 0.3) is 0 Å². The van der Waals surface area contributed by atoms with E-state index in [-0.39, 0.29) is 0 Å². The van der Waals surface area contributed by atoms with Gasteiger partial charge in [-0.25, -0.2) is 9.97 Å². The van der Waals surface area contributed by atoms with Crippen molar-refractivity contribution in [2.75, 3.05) is 0 Å². The number of benzene rings is 1. The molecule has 0 N–H and O–H groups in total. The highest BCUT2D eigenvalue weighted by Gasteiger charge is 2.28. The first-order valence-electron chi connectivity index (χ1n) is 7.45. The molecular formula is C17H17ClN2. The Morgan fingerprint density at radius 2 is 1.75 bits per heavy atom. The fraction of sp³-hybridized carbons (Fsp3) is 0.412. The first-order chi connectivity index (χ1) is 9.81. The van der Waals surface area contributed by atoms with Gasteiger partial charge < -0.3 is 0 Å². The monoisotopic (exact) mass is 284 g/mol. The Morgan fingerprint density at radius 1 is 0.950 bits per heavy atom. The van der Waals surface area contributed by atoms with Gasteiger partial charge in [-0.3, -0.25) is 0 Å². The number of nitrogens with zero attached hydrogens (tertiary/aromatic N) is 2. The van der Waals surface area contributed by atoms with Crippen LogP contribution in [0.3, 0.4) is 0 Å². The molecule has 2 nitrogen and oxygen atoms in total. The third kappa shape index (κ3) is 2.22. The number of hydrogen-bond donors (Lipinski definition) is 0. The minimum absolute atomic E-state index is 0.531. The maximum atomic E-state index is 6.20. The summed E-state index contributed by atoms with van der Waals surface area (Å²) in [5.41, 5.74) is 3.66. The van der Waals surface area contributed by atoms with Gasteiger partial charge in [-0.1, -0.05) is 42.3 Å². The average molecular weight is 285 g/mol. The lowest BCUT2D eigenvalue weighted by Gasteiger charge is -2.27. The van der Waals surface area contributed by atoms with Gasteiger partial charge in [-0.2, -0.15) is 0 Å². The molecule has 1 heterocycles. The van der Waals surface area contributed by atoms with E-state index in [1.165, 1.54) is 43.2 Å². The van der Waals surface area contributed by atoms with E-state index in [9.17, 15) is 0 Å². The molecule has 0 radical (unpaired) electrons. The second kappa shape index (κ2) is 4.85. The summed E-state index contributed by atoms with van der Waals surface area (Å²) in [4.78, 5) is 9.16. The van der Waals surface area contributed by atoms with E-state index in [4.69, 9.17) is 16.6 Å². The van der Waals surface area contributed by atoms with Crippen LogP contribution in [0.15, 0.2) is 30.3 Å². The Balaban J connectivity index is 1.80. The van der Waals surface area contributed by atoms with Crippen LogP contribution < -0.4 is 0 Å². The zero-order valence-electron chi connectivity index (χ0n) is 11.3. The van der Waals surface area contributed by atoms with Gasteiger partial charge >= 0.3 is 0 Å². The van der Waals surface area contributed by atoms with E-state index in [1.54, 1.807) is 0 Å². The minimum Gasteiger partial charge on any atom is -0.232 e. The van der Waals surface area contributed by atoms with Crippen molar-refractivity contribution < 1.29 is 0 Å². The maximum absolute atomic E-state index is 6.20. The van der Waals surface area contributed by atoms with Crippen LogP contribution in [-0.2, 0) is 0 Å². The molecule has 2 aliphatic rings. The summed E-state index contributed by atoms with van der Waals surface area (Å²) in [7, 11) is 0. The molecule has 2 aromatic rings. The van der Waals surface area contributed by atoms with Crippen molar-refractivity contribution in [2.45, 2.75) is 43.9 Å². The molecule has 4 rings (SSSR count). The van der Waals surface area contributed by atoms with Crippen LogP contribution in [0.2, 0.25) is 5.15 Å². The predicted octanol–water partition coefficient (Wildman–Crippen LogP) is 4.94. The predicted molar refractivity (Wildman–Crippen MR) is 81.0 cm³/mol. The van der Waals surface area contributed by atoms with E-state index in [2.05, 4.69) is 29.2 Å². The molecule has 0 spiro atoms. The molecule has 2 fully saturated rings. The number of hydrogen-bond acceptors (Lipinski definition) is 2. The topological polar surface area (TPSA) is 25.8 Å². The summed E-state index contributed by atoms with van der Waals surface area (Å²) in [5.74, 6) is 2.16. The van der Waals surface area contributed by atoms with E-state index in [0.717, 1.165) is 11.5 Å². The summed E-state index contributed by atoms with van der Waals surface area (Å²) in [6.45, 7) is 0. The van der Waals surface area contributed by atoms with Crippen molar-refractivity contribution in [2.24, 2.45) is 0 Å². The van der Waals surface area contributed by atoms with Gasteiger partial charge in [-0.15, -0.1) is 0 Å². The molecule has 102 valence electrons. The minimum atomic E-state index is 0.531. The smallest absolute Gasteiger partial charge is 0.133 e. The Labute approximate surface area is 124 Å². The van der Waals surface area contributed by atoms with Crippen LogP contribution in [0.5, 0.6) is 0 Å². The Morgan fingerprint density at radius 3 is 2.45 bits per heavy atom. The standard InChI is InChI=1S/C17H17ClN2/c18-16-10-15(19-17(20-16)12-8-9-12)14-7-2-1-6-13(14)11-4-3-5-11/h1-2,6-7,10-12H,3-5,8-9H2. The van der Waals surface area contributed by atoms with Crippen LogP contribution in [0, 0.1) is 0 Å². The highest BCUT2D eigenvalue weighted by atomic mass is 35.5. The zero-order valence-corrected chi connectivity index (χ0v) is 12.1. The Hall–Kier alpha value is -1.41. The Kier molecular flexibility index (Phi) is 2.99. The van der Waals surface area contributed by atoms with Crippen LogP contribution in [0.4, 0.5) is 0 Å². The lowest BCUT2D eigenvalue weighted by Crippen LogP contribution is -2.10. The molecular weight excluding hydrogens is 268 g/mol. The molecule has 20 heavy (non-hydrogen) atoms. The molecule has 0 atom stereocenters. The zero-order chi connectivity index (χ0) is 13.5. The largest absolute Gasteiger partial charge is 0.232 e. The quantitative estimate of drug-likeness (QED) is 0.746. The first kappa shape index (κ1) is 12.3. The van der Waals surface area contributed by atoms with E-state index >= 15 is 0 Å². The highest BCUT2D eigenvalue weighted by Crippen LogP contribution is 2.42. The van der Waals surface area contributed by atoms with Gasteiger partial charge in [0.15, 0.2) is 0 Å². The van der Waals surface area contributed by atoms with E-state index in [1.807, 2.05) is 6.07 Å². The van der Waals surface area contributed by atoms with Crippen molar-refractivity contribution in [1.82, 2.24) is 9.97 Å². The van der Waals surface area contributed by atoms with Gasteiger partial charge in [0, 0.05) is 17.5 Å². The van der Waals surface area contributed by atoms with Crippen molar-refractivity contribution in [3.05, 3.63) is 46.9 Å². The molecule has 0 bridgehead atoms. The first-order valence-corrected chi connectivity index (χ1v) is 7.83. The lowest BCUT2D eigenvalue weighted by atomic mass is 9.78. The van der Waals surface area contributed by atoms with Crippen LogP contribution in [0.1, 0.15) is 55.3 Å². The molecule has 2 saturated carbocycles. The average Bonchev–Trinajstić information content (AvgIpc) is 3.21.